The second-order valence-corrected chi connectivity index (χ2v) is 7.69. The summed E-state index contributed by atoms with van der Waals surface area (Å²) >= 11 is 0. The molecule has 25 heavy (non-hydrogen) atoms. The number of amides is 2. The molecule has 6 heteroatoms. The highest BCUT2D eigenvalue weighted by atomic mass is 16.2. The third-order valence-electron chi connectivity index (χ3n) is 6.06. The highest BCUT2D eigenvalue weighted by Crippen LogP contribution is 2.33. The number of imidazole rings is 1. The number of nitrogens with zero attached hydrogens (tertiary/aromatic N) is 3. The zero-order chi connectivity index (χ0) is 17.2. The second kappa shape index (κ2) is 7.18. The molecule has 2 amide bonds. The fraction of sp³-hybridized carbons (Fsp3) is 0.737. The third-order valence-corrected chi connectivity index (χ3v) is 6.06. The fourth-order valence-corrected chi connectivity index (χ4v) is 4.65. The molecule has 1 aromatic rings. The van der Waals surface area contributed by atoms with Crippen molar-refractivity contribution in [3.8, 4) is 0 Å². The lowest BCUT2D eigenvalue weighted by Gasteiger charge is -2.32. The van der Waals surface area contributed by atoms with E-state index in [4.69, 9.17) is 0 Å². The van der Waals surface area contributed by atoms with Gasteiger partial charge in [0.05, 0.1) is 6.20 Å². The molecule has 0 radical (unpaired) electrons. The molecule has 136 valence electrons. The van der Waals surface area contributed by atoms with E-state index in [9.17, 15) is 9.59 Å². The number of hydrogen-bond donors (Lipinski definition) is 1. The summed E-state index contributed by atoms with van der Waals surface area (Å²) in [5.74, 6) is 1.73. The number of rotatable bonds is 3. The van der Waals surface area contributed by atoms with Crippen molar-refractivity contribution in [1.29, 1.82) is 0 Å². The quantitative estimate of drug-likeness (QED) is 0.916. The average molecular weight is 344 g/mol. The monoisotopic (exact) mass is 344 g/mol. The summed E-state index contributed by atoms with van der Waals surface area (Å²) in [7, 11) is 0. The predicted octanol–water partition coefficient (Wildman–Crippen LogP) is 2.59. The molecule has 1 saturated heterocycles. The minimum absolute atomic E-state index is 0.00511. The predicted molar refractivity (Wildman–Crippen MR) is 95.1 cm³/mol. The van der Waals surface area contributed by atoms with Crippen LogP contribution in [-0.2, 0) is 22.6 Å². The van der Waals surface area contributed by atoms with Crippen LogP contribution in [0.1, 0.15) is 57.2 Å². The molecule has 1 aromatic heterocycles. The van der Waals surface area contributed by atoms with E-state index in [1.54, 1.807) is 6.20 Å². The van der Waals surface area contributed by atoms with Gasteiger partial charge in [0.1, 0.15) is 11.6 Å². The lowest BCUT2D eigenvalue weighted by Crippen LogP contribution is -2.43. The molecule has 3 heterocycles. The van der Waals surface area contributed by atoms with Crippen LogP contribution in [0.3, 0.4) is 0 Å². The van der Waals surface area contributed by atoms with Gasteiger partial charge in [0.25, 0.3) is 0 Å². The Bertz CT molecular complexity index is 648. The zero-order valence-corrected chi connectivity index (χ0v) is 14.9. The summed E-state index contributed by atoms with van der Waals surface area (Å²) in [5, 5.41) is 3.09. The minimum Gasteiger partial charge on any atom is -0.342 e. The summed E-state index contributed by atoms with van der Waals surface area (Å²) in [4.78, 5) is 32.3. The van der Waals surface area contributed by atoms with Gasteiger partial charge in [-0.05, 0) is 38.5 Å². The molecule has 2 atom stereocenters. The van der Waals surface area contributed by atoms with Crippen LogP contribution in [0.5, 0.6) is 0 Å². The number of nitrogens with one attached hydrogen (secondary N) is 1. The number of aryl methyl sites for hydroxylation is 1. The first-order valence-corrected chi connectivity index (χ1v) is 9.88. The molecule has 4 rings (SSSR count). The Hall–Kier alpha value is -1.85. The Morgan fingerprint density at radius 2 is 1.68 bits per heavy atom. The summed E-state index contributed by atoms with van der Waals surface area (Å²) in [6, 6.07) is 0. The smallest absolute Gasteiger partial charge is 0.229 e. The normalized spacial score (nSPS) is 26.3. The Labute approximate surface area is 149 Å². The number of aromatic nitrogens is 2. The Balaban J connectivity index is 1.47. The first kappa shape index (κ1) is 16.6. The fourth-order valence-electron chi connectivity index (χ4n) is 4.65. The number of carbonyl (C=O) groups excluding carboxylic acids is 2. The van der Waals surface area contributed by atoms with Crippen LogP contribution in [0.15, 0.2) is 6.20 Å². The highest BCUT2D eigenvalue weighted by molar-refractivity contribution is 5.95. The van der Waals surface area contributed by atoms with Gasteiger partial charge in [-0.3, -0.25) is 9.59 Å². The van der Waals surface area contributed by atoms with Crippen LogP contribution in [0.2, 0.25) is 0 Å². The van der Waals surface area contributed by atoms with E-state index in [0.29, 0.717) is 0 Å². The van der Waals surface area contributed by atoms with Crippen LogP contribution in [-0.4, -0.2) is 39.4 Å². The lowest BCUT2D eigenvalue weighted by molar-refractivity contribution is -0.141. The number of carbonyl (C=O) groups is 2. The van der Waals surface area contributed by atoms with Gasteiger partial charge in [0.15, 0.2) is 0 Å². The summed E-state index contributed by atoms with van der Waals surface area (Å²) < 4.78 is 2.13. The van der Waals surface area contributed by atoms with Gasteiger partial charge < -0.3 is 14.8 Å². The first-order valence-electron chi connectivity index (χ1n) is 9.88. The molecule has 1 N–H and O–H groups in total. The molecule has 6 nitrogen and oxygen atoms in total. The van der Waals surface area contributed by atoms with Crippen LogP contribution in [0, 0.1) is 11.8 Å². The first-order chi connectivity index (χ1) is 12.2. The van der Waals surface area contributed by atoms with Gasteiger partial charge >= 0.3 is 0 Å². The van der Waals surface area contributed by atoms with Crippen molar-refractivity contribution in [1.82, 2.24) is 14.5 Å². The maximum Gasteiger partial charge on any atom is 0.229 e. The average Bonchev–Trinajstić information content (AvgIpc) is 3.32. The van der Waals surface area contributed by atoms with E-state index in [1.807, 2.05) is 4.90 Å². The van der Waals surface area contributed by atoms with Gasteiger partial charge in [0.2, 0.25) is 11.8 Å². The summed E-state index contributed by atoms with van der Waals surface area (Å²) in [6.07, 6.45) is 11.0. The highest BCUT2D eigenvalue weighted by Gasteiger charge is 2.38. The number of anilines is 1. The maximum absolute atomic E-state index is 13.0. The van der Waals surface area contributed by atoms with E-state index < -0.39 is 0 Å². The maximum atomic E-state index is 13.0. The Morgan fingerprint density at radius 1 is 0.960 bits per heavy atom. The van der Waals surface area contributed by atoms with Crippen molar-refractivity contribution in [2.24, 2.45) is 11.8 Å². The minimum atomic E-state index is -0.198. The van der Waals surface area contributed by atoms with Gasteiger partial charge in [-0.25, -0.2) is 4.98 Å². The van der Waals surface area contributed by atoms with Gasteiger partial charge in [-0.2, -0.15) is 0 Å². The molecule has 1 saturated carbocycles. The van der Waals surface area contributed by atoms with Gasteiger partial charge in [-0.15, -0.1) is 0 Å². The second-order valence-electron chi connectivity index (χ2n) is 7.69. The molecule has 0 spiro atoms. The van der Waals surface area contributed by atoms with Gasteiger partial charge in [0, 0.05) is 37.9 Å². The zero-order valence-electron chi connectivity index (χ0n) is 14.9. The summed E-state index contributed by atoms with van der Waals surface area (Å²) in [5.41, 5.74) is 0. The Kier molecular flexibility index (Phi) is 4.77. The van der Waals surface area contributed by atoms with E-state index in [2.05, 4.69) is 14.9 Å². The van der Waals surface area contributed by atoms with E-state index in [-0.39, 0.29) is 23.7 Å². The molecule has 0 bridgehead atoms. The van der Waals surface area contributed by atoms with Crippen LogP contribution < -0.4 is 5.32 Å². The Morgan fingerprint density at radius 3 is 2.48 bits per heavy atom. The molecule has 0 unspecified atom stereocenters. The number of likely N-dealkylation sites (tertiary alicyclic amines) is 1. The third kappa shape index (κ3) is 3.31. The van der Waals surface area contributed by atoms with Gasteiger partial charge in [-0.1, -0.05) is 12.8 Å². The van der Waals surface area contributed by atoms with Crippen molar-refractivity contribution < 1.29 is 9.59 Å². The van der Waals surface area contributed by atoms with Crippen molar-refractivity contribution in [3.05, 3.63) is 12.0 Å². The molecular weight excluding hydrogens is 316 g/mol. The van der Waals surface area contributed by atoms with Crippen molar-refractivity contribution >= 4 is 17.6 Å². The van der Waals surface area contributed by atoms with Crippen LogP contribution >= 0.6 is 0 Å². The molecule has 2 aliphatic heterocycles. The molecule has 3 aliphatic rings. The van der Waals surface area contributed by atoms with Crippen LogP contribution in [0.4, 0.5) is 5.82 Å². The lowest BCUT2D eigenvalue weighted by atomic mass is 9.78. The van der Waals surface area contributed by atoms with E-state index in [0.717, 1.165) is 82.6 Å². The van der Waals surface area contributed by atoms with Crippen molar-refractivity contribution in [2.75, 3.05) is 18.4 Å². The van der Waals surface area contributed by atoms with E-state index in [1.165, 1.54) is 6.42 Å². The van der Waals surface area contributed by atoms with Crippen LogP contribution in [0.25, 0.3) is 0 Å². The number of hydrogen-bond acceptors (Lipinski definition) is 3. The molecule has 1 aliphatic carbocycles. The standard InChI is InChI=1S/C19H28N4O2/c24-18(21-17-13-20-16-9-3-4-12-23(16)17)14-7-1-2-8-15(14)19(25)22-10-5-6-11-22/h13-15H,1-12H2,(H,21,24)/t14-,15+/m1/s1. The molecule has 0 aromatic carbocycles. The number of fused-ring (bicyclic) bond motifs is 1. The van der Waals surface area contributed by atoms with E-state index >= 15 is 0 Å². The van der Waals surface area contributed by atoms with Crippen molar-refractivity contribution in [2.45, 2.75) is 64.3 Å². The molecule has 2 fully saturated rings. The van der Waals surface area contributed by atoms with Crippen molar-refractivity contribution in [3.63, 3.8) is 0 Å². The molecular formula is C19H28N4O2. The summed E-state index contributed by atoms with van der Waals surface area (Å²) in [6.45, 7) is 2.64. The topological polar surface area (TPSA) is 67.2 Å². The SMILES string of the molecule is O=C(Nc1cnc2n1CCCC2)[C@@H]1CCCC[C@@H]1C(=O)N1CCCC1. The largest absolute Gasteiger partial charge is 0.342 e.